The van der Waals surface area contributed by atoms with Gasteiger partial charge in [-0.05, 0) is 30.9 Å². The Morgan fingerprint density at radius 2 is 2.12 bits per heavy atom. The molecule has 0 bridgehead atoms. The average molecular weight is 230 g/mol. The molecule has 0 unspecified atom stereocenters. The van der Waals surface area contributed by atoms with Gasteiger partial charge >= 0.3 is 0 Å². The van der Waals surface area contributed by atoms with Crippen LogP contribution < -0.4 is 0 Å². The molecule has 2 aromatic rings. The third kappa shape index (κ3) is 2.42. The monoisotopic (exact) mass is 230 g/mol. The molecule has 82 valence electrons. The Balaban J connectivity index is 2.41. The molecule has 0 atom stereocenters. The fourth-order valence-corrected chi connectivity index (χ4v) is 1.95. The molecular formula is C13H14N2S. The van der Waals surface area contributed by atoms with Gasteiger partial charge in [0, 0.05) is 22.3 Å². The van der Waals surface area contributed by atoms with Crippen molar-refractivity contribution in [3.8, 4) is 11.4 Å². The lowest BCUT2D eigenvalue weighted by Crippen LogP contribution is -1.93. The number of nitrogens with zero attached hydrogens (tertiary/aromatic N) is 2. The lowest BCUT2D eigenvalue weighted by molar-refractivity contribution is 1.00. The van der Waals surface area contributed by atoms with Gasteiger partial charge in [-0.1, -0.05) is 19.1 Å². The summed E-state index contributed by atoms with van der Waals surface area (Å²) >= 11 is 1.73. The zero-order valence-corrected chi connectivity index (χ0v) is 10.3. The van der Waals surface area contributed by atoms with E-state index in [9.17, 15) is 0 Å². The highest BCUT2D eigenvalue weighted by molar-refractivity contribution is 7.98. The second-order valence-corrected chi connectivity index (χ2v) is 4.34. The van der Waals surface area contributed by atoms with E-state index in [1.54, 1.807) is 11.8 Å². The van der Waals surface area contributed by atoms with Gasteiger partial charge < -0.3 is 0 Å². The minimum Gasteiger partial charge on any atom is -0.237 e. The largest absolute Gasteiger partial charge is 0.237 e. The molecule has 0 spiro atoms. The average Bonchev–Trinajstić information content (AvgIpc) is 2.39. The number of thioether (sulfide) groups is 1. The summed E-state index contributed by atoms with van der Waals surface area (Å²) < 4.78 is 0. The van der Waals surface area contributed by atoms with Crippen LogP contribution in [0, 0.1) is 0 Å². The molecule has 1 aromatic heterocycles. The van der Waals surface area contributed by atoms with Crippen LogP contribution >= 0.6 is 11.8 Å². The summed E-state index contributed by atoms with van der Waals surface area (Å²) in [5.41, 5.74) is 2.17. The summed E-state index contributed by atoms with van der Waals surface area (Å²) in [6, 6.07) is 10.3. The van der Waals surface area contributed by atoms with Gasteiger partial charge in [-0.3, -0.25) is 0 Å². The van der Waals surface area contributed by atoms with Crippen molar-refractivity contribution in [2.45, 2.75) is 18.2 Å². The van der Waals surface area contributed by atoms with E-state index in [0.717, 1.165) is 23.5 Å². The maximum absolute atomic E-state index is 4.52. The Morgan fingerprint density at radius 1 is 1.25 bits per heavy atom. The van der Waals surface area contributed by atoms with Crippen molar-refractivity contribution < 1.29 is 0 Å². The molecule has 3 heteroatoms. The van der Waals surface area contributed by atoms with Crippen molar-refractivity contribution >= 4 is 11.8 Å². The molecule has 0 N–H and O–H groups in total. The third-order valence-electron chi connectivity index (χ3n) is 2.40. The second-order valence-electron chi connectivity index (χ2n) is 3.46. The summed E-state index contributed by atoms with van der Waals surface area (Å²) in [6.07, 6.45) is 4.84. The first kappa shape index (κ1) is 11.1. The predicted octanol–water partition coefficient (Wildman–Crippen LogP) is 3.43. The molecule has 16 heavy (non-hydrogen) atoms. The van der Waals surface area contributed by atoms with Crippen LogP contribution in [0.2, 0.25) is 0 Å². The van der Waals surface area contributed by atoms with Crippen molar-refractivity contribution in [3.05, 3.63) is 42.2 Å². The van der Waals surface area contributed by atoms with Crippen molar-refractivity contribution in [3.63, 3.8) is 0 Å². The van der Waals surface area contributed by atoms with Gasteiger partial charge in [0.1, 0.15) is 0 Å². The molecule has 2 rings (SSSR count). The highest BCUT2D eigenvalue weighted by Crippen LogP contribution is 2.21. The van der Waals surface area contributed by atoms with E-state index in [1.165, 1.54) is 4.90 Å². The van der Waals surface area contributed by atoms with Crippen LogP contribution in [-0.4, -0.2) is 16.2 Å². The highest BCUT2D eigenvalue weighted by atomic mass is 32.2. The molecule has 1 aromatic carbocycles. The molecule has 0 aliphatic rings. The summed E-state index contributed by atoms with van der Waals surface area (Å²) in [6.45, 7) is 2.10. The molecule has 0 saturated carbocycles. The van der Waals surface area contributed by atoms with Crippen molar-refractivity contribution in [2.24, 2.45) is 0 Å². The summed E-state index contributed by atoms with van der Waals surface area (Å²) in [5.74, 6) is 0.815. The van der Waals surface area contributed by atoms with Gasteiger partial charge in [-0.25, -0.2) is 9.97 Å². The molecule has 0 amide bonds. The first-order valence-corrected chi connectivity index (χ1v) is 6.52. The minimum atomic E-state index is 0.815. The van der Waals surface area contributed by atoms with E-state index in [0.29, 0.717) is 0 Å². The first-order valence-electron chi connectivity index (χ1n) is 5.30. The molecule has 0 saturated heterocycles. The number of aryl methyl sites for hydroxylation is 1. The van der Waals surface area contributed by atoms with Gasteiger partial charge in [-0.15, -0.1) is 11.8 Å². The number of hydrogen-bond donors (Lipinski definition) is 0. The van der Waals surface area contributed by atoms with Gasteiger partial charge in [0.25, 0.3) is 0 Å². The topological polar surface area (TPSA) is 25.8 Å². The molecule has 2 nitrogen and oxygen atoms in total. The summed E-state index contributed by atoms with van der Waals surface area (Å²) in [5, 5.41) is 0. The van der Waals surface area contributed by atoms with E-state index in [1.807, 2.05) is 18.3 Å². The molecular weight excluding hydrogens is 216 g/mol. The van der Waals surface area contributed by atoms with Gasteiger partial charge in [0.15, 0.2) is 5.82 Å². The Labute approximate surface area is 100 Å². The van der Waals surface area contributed by atoms with Gasteiger partial charge in [0.2, 0.25) is 0 Å². The van der Waals surface area contributed by atoms with Crippen LogP contribution in [0.5, 0.6) is 0 Å². The van der Waals surface area contributed by atoms with Crippen LogP contribution in [0.25, 0.3) is 11.4 Å². The van der Waals surface area contributed by atoms with Crippen molar-refractivity contribution in [2.75, 3.05) is 6.26 Å². The number of aromatic nitrogens is 2. The second kappa shape index (κ2) is 5.12. The lowest BCUT2D eigenvalue weighted by Gasteiger charge is -2.03. The quantitative estimate of drug-likeness (QED) is 0.755. The lowest BCUT2D eigenvalue weighted by atomic mass is 10.2. The fraction of sp³-hybridized carbons (Fsp3) is 0.231. The fourth-order valence-electron chi connectivity index (χ4n) is 1.49. The van der Waals surface area contributed by atoms with Gasteiger partial charge in [-0.2, -0.15) is 0 Å². The zero-order chi connectivity index (χ0) is 11.4. The van der Waals surface area contributed by atoms with Crippen LogP contribution in [0.3, 0.4) is 0 Å². The van der Waals surface area contributed by atoms with Gasteiger partial charge in [0.05, 0.1) is 0 Å². The SMILES string of the molecule is CCc1ccnc(-c2cccc(SC)c2)n1. The van der Waals surface area contributed by atoms with Crippen molar-refractivity contribution in [1.82, 2.24) is 9.97 Å². The van der Waals surface area contributed by atoms with E-state index >= 15 is 0 Å². The number of benzene rings is 1. The number of rotatable bonds is 3. The Hall–Kier alpha value is -1.35. The van der Waals surface area contributed by atoms with Crippen LogP contribution in [-0.2, 0) is 6.42 Å². The Bertz CT molecular complexity index is 437. The summed E-state index contributed by atoms with van der Waals surface area (Å²) in [4.78, 5) is 10.1. The van der Waals surface area contributed by atoms with Crippen LogP contribution in [0.4, 0.5) is 0 Å². The Kier molecular flexibility index (Phi) is 3.57. The molecule has 0 radical (unpaired) electrons. The normalized spacial score (nSPS) is 10.4. The number of hydrogen-bond acceptors (Lipinski definition) is 3. The van der Waals surface area contributed by atoms with Crippen LogP contribution in [0.1, 0.15) is 12.6 Å². The van der Waals surface area contributed by atoms with E-state index in [4.69, 9.17) is 0 Å². The predicted molar refractivity (Wildman–Crippen MR) is 68.6 cm³/mol. The minimum absolute atomic E-state index is 0.815. The Morgan fingerprint density at radius 3 is 2.88 bits per heavy atom. The maximum Gasteiger partial charge on any atom is 0.159 e. The molecule has 1 heterocycles. The molecule has 0 fully saturated rings. The summed E-state index contributed by atoms with van der Waals surface area (Å²) in [7, 11) is 0. The molecule has 0 aliphatic heterocycles. The first-order chi connectivity index (χ1) is 7.83. The molecule has 0 aliphatic carbocycles. The highest BCUT2D eigenvalue weighted by Gasteiger charge is 2.02. The smallest absolute Gasteiger partial charge is 0.159 e. The van der Waals surface area contributed by atoms with E-state index < -0.39 is 0 Å². The van der Waals surface area contributed by atoms with E-state index in [2.05, 4.69) is 41.3 Å². The van der Waals surface area contributed by atoms with E-state index in [-0.39, 0.29) is 0 Å². The maximum atomic E-state index is 4.52. The third-order valence-corrected chi connectivity index (χ3v) is 3.13. The standard InChI is InChI=1S/C13H14N2S/c1-3-11-7-8-14-13(15-11)10-5-4-6-12(9-10)16-2/h4-9H,3H2,1-2H3. The zero-order valence-electron chi connectivity index (χ0n) is 9.47. The van der Waals surface area contributed by atoms with Crippen molar-refractivity contribution in [1.29, 1.82) is 0 Å². The van der Waals surface area contributed by atoms with Crippen LogP contribution in [0.15, 0.2) is 41.4 Å².